The predicted octanol–water partition coefficient (Wildman–Crippen LogP) is 3.85. The quantitative estimate of drug-likeness (QED) is 0.765. The van der Waals surface area contributed by atoms with Crippen LogP contribution in [-0.4, -0.2) is 17.6 Å². The van der Waals surface area contributed by atoms with Gasteiger partial charge in [-0.15, -0.1) is 11.3 Å². The summed E-state index contributed by atoms with van der Waals surface area (Å²) in [6.45, 7) is 3.81. The molecule has 0 radical (unpaired) electrons. The third-order valence-electron chi connectivity index (χ3n) is 3.94. The summed E-state index contributed by atoms with van der Waals surface area (Å²) in [6.07, 6.45) is 0. The number of rotatable bonds is 4. The molecule has 2 N–H and O–H groups in total. The van der Waals surface area contributed by atoms with E-state index in [0.29, 0.717) is 5.56 Å². The van der Waals surface area contributed by atoms with E-state index in [2.05, 4.69) is 5.32 Å². The Bertz CT molecular complexity index is 818. The number of carbonyl (C=O) groups is 1. The Balaban J connectivity index is 1.76. The second-order valence-electron chi connectivity index (χ2n) is 5.92. The van der Waals surface area contributed by atoms with Crippen LogP contribution in [0.2, 0.25) is 0 Å². The van der Waals surface area contributed by atoms with E-state index in [-0.39, 0.29) is 12.5 Å². The van der Waals surface area contributed by atoms with Crippen LogP contribution in [0.15, 0.2) is 54.6 Å². The summed E-state index contributed by atoms with van der Waals surface area (Å²) >= 11 is 1.55. The van der Waals surface area contributed by atoms with Gasteiger partial charge in [0, 0.05) is 15.1 Å². The Kier molecular flexibility index (Phi) is 4.20. The molecule has 0 spiro atoms. The number of nitrogens with one attached hydrogen (secondary N) is 1. The maximum Gasteiger partial charge on any atom is 0.251 e. The van der Waals surface area contributed by atoms with Gasteiger partial charge < -0.3 is 10.4 Å². The maximum absolute atomic E-state index is 12.3. The van der Waals surface area contributed by atoms with Crippen LogP contribution in [0.1, 0.15) is 27.7 Å². The van der Waals surface area contributed by atoms with Crippen molar-refractivity contribution in [3.8, 4) is 0 Å². The normalized spacial score (nSPS) is 13.7. The van der Waals surface area contributed by atoms with E-state index in [1.165, 1.54) is 0 Å². The lowest BCUT2D eigenvalue weighted by Gasteiger charge is -2.22. The number of amides is 1. The van der Waals surface area contributed by atoms with E-state index in [4.69, 9.17) is 0 Å². The minimum Gasteiger partial charge on any atom is -0.383 e. The minimum absolute atomic E-state index is 0.163. The van der Waals surface area contributed by atoms with Crippen molar-refractivity contribution in [2.24, 2.45) is 0 Å². The van der Waals surface area contributed by atoms with Crippen molar-refractivity contribution in [1.82, 2.24) is 5.32 Å². The van der Waals surface area contributed by atoms with Crippen LogP contribution < -0.4 is 5.32 Å². The standard InChI is InChI=1S/C19H19NO2S/c1-13-7-3-5-9-15(13)18(21)20-12-19(2,22)17-11-14-8-4-6-10-16(14)23-17/h3-11,22H,12H2,1-2H3,(H,20,21)/t19-/m1/s1. The number of aryl methyl sites for hydroxylation is 1. The van der Waals surface area contributed by atoms with Gasteiger partial charge in [0.15, 0.2) is 0 Å². The molecule has 0 bridgehead atoms. The largest absolute Gasteiger partial charge is 0.383 e. The molecule has 0 unspecified atom stereocenters. The molecule has 23 heavy (non-hydrogen) atoms. The van der Waals surface area contributed by atoms with Crippen LogP contribution in [0, 0.1) is 6.92 Å². The SMILES string of the molecule is Cc1ccccc1C(=O)NC[C@@](C)(O)c1cc2ccccc2s1. The Hall–Kier alpha value is -2.17. The van der Waals surface area contributed by atoms with Crippen LogP contribution in [-0.2, 0) is 5.60 Å². The zero-order chi connectivity index (χ0) is 16.4. The molecule has 118 valence electrons. The monoisotopic (exact) mass is 325 g/mol. The van der Waals surface area contributed by atoms with E-state index >= 15 is 0 Å². The van der Waals surface area contributed by atoms with Crippen molar-refractivity contribution in [2.45, 2.75) is 19.4 Å². The molecule has 0 aliphatic heterocycles. The van der Waals surface area contributed by atoms with Gasteiger partial charge >= 0.3 is 0 Å². The van der Waals surface area contributed by atoms with Gasteiger partial charge in [0.1, 0.15) is 5.60 Å². The summed E-state index contributed by atoms with van der Waals surface area (Å²) < 4.78 is 1.13. The summed E-state index contributed by atoms with van der Waals surface area (Å²) in [5, 5.41) is 14.7. The van der Waals surface area contributed by atoms with Crippen molar-refractivity contribution in [2.75, 3.05) is 6.54 Å². The van der Waals surface area contributed by atoms with Crippen molar-refractivity contribution in [3.63, 3.8) is 0 Å². The first-order chi connectivity index (χ1) is 11.0. The average molecular weight is 325 g/mol. The number of fused-ring (bicyclic) bond motifs is 1. The number of hydrogen-bond acceptors (Lipinski definition) is 3. The first-order valence-electron chi connectivity index (χ1n) is 7.53. The van der Waals surface area contributed by atoms with Gasteiger partial charge in [-0.1, -0.05) is 36.4 Å². The molecule has 0 saturated carbocycles. The lowest BCUT2D eigenvalue weighted by Crippen LogP contribution is -2.38. The molecule has 1 amide bonds. The summed E-state index contributed by atoms with van der Waals surface area (Å²) in [7, 11) is 0. The highest BCUT2D eigenvalue weighted by molar-refractivity contribution is 7.19. The van der Waals surface area contributed by atoms with Crippen LogP contribution in [0.3, 0.4) is 0 Å². The molecule has 3 aromatic rings. The number of hydrogen-bond donors (Lipinski definition) is 2. The maximum atomic E-state index is 12.3. The fourth-order valence-corrected chi connectivity index (χ4v) is 3.62. The van der Waals surface area contributed by atoms with Gasteiger partial charge in [-0.2, -0.15) is 0 Å². The predicted molar refractivity (Wildman–Crippen MR) is 94.9 cm³/mol. The van der Waals surface area contributed by atoms with Crippen molar-refractivity contribution >= 4 is 27.3 Å². The average Bonchev–Trinajstić information content (AvgIpc) is 2.98. The number of aliphatic hydroxyl groups is 1. The first kappa shape index (κ1) is 15.7. The number of thiophene rings is 1. The fourth-order valence-electron chi connectivity index (χ4n) is 2.51. The summed E-state index contributed by atoms with van der Waals surface area (Å²) in [5.74, 6) is -0.163. The topological polar surface area (TPSA) is 49.3 Å². The van der Waals surface area contributed by atoms with Crippen LogP contribution in [0.25, 0.3) is 10.1 Å². The molecule has 0 aliphatic carbocycles. The molecule has 4 heteroatoms. The summed E-state index contributed by atoms with van der Waals surface area (Å²) in [4.78, 5) is 13.1. The van der Waals surface area contributed by atoms with Crippen LogP contribution in [0.5, 0.6) is 0 Å². The lowest BCUT2D eigenvalue weighted by molar-refractivity contribution is 0.0557. The lowest BCUT2D eigenvalue weighted by atomic mass is 10.0. The van der Waals surface area contributed by atoms with Gasteiger partial charge in [0.2, 0.25) is 0 Å². The Morgan fingerprint density at radius 3 is 2.61 bits per heavy atom. The summed E-state index contributed by atoms with van der Waals surface area (Å²) in [6, 6.07) is 17.4. The third kappa shape index (κ3) is 3.28. The number of carbonyl (C=O) groups excluding carboxylic acids is 1. The van der Waals surface area contributed by atoms with Crippen LogP contribution in [0.4, 0.5) is 0 Å². The molecule has 2 aromatic carbocycles. The highest BCUT2D eigenvalue weighted by atomic mass is 32.1. The Morgan fingerprint density at radius 1 is 1.17 bits per heavy atom. The molecule has 3 nitrogen and oxygen atoms in total. The van der Waals surface area contributed by atoms with E-state index in [1.807, 2.05) is 55.5 Å². The second kappa shape index (κ2) is 6.14. The fraction of sp³-hybridized carbons (Fsp3) is 0.211. The van der Waals surface area contributed by atoms with Crippen LogP contribution >= 0.6 is 11.3 Å². The molecule has 0 aliphatic rings. The highest BCUT2D eigenvalue weighted by Gasteiger charge is 2.26. The van der Waals surface area contributed by atoms with Crippen molar-refractivity contribution in [3.05, 3.63) is 70.6 Å². The third-order valence-corrected chi connectivity index (χ3v) is 5.31. The Morgan fingerprint density at radius 2 is 1.87 bits per heavy atom. The van der Waals surface area contributed by atoms with Crippen molar-refractivity contribution in [1.29, 1.82) is 0 Å². The molecular formula is C19H19NO2S. The van der Waals surface area contributed by atoms with E-state index in [0.717, 1.165) is 20.5 Å². The van der Waals surface area contributed by atoms with Gasteiger partial charge in [-0.05, 0) is 43.0 Å². The first-order valence-corrected chi connectivity index (χ1v) is 8.34. The molecule has 1 aromatic heterocycles. The number of benzene rings is 2. The molecule has 3 rings (SSSR count). The van der Waals surface area contributed by atoms with E-state index in [1.54, 1.807) is 24.3 Å². The smallest absolute Gasteiger partial charge is 0.251 e. The minimum atomic E-state index is -1.10. The van der Waals surface area contributed by atoms with Gasteiger partial charge in [-0.3, -0.25) is 4.79 Å². The summed E-state index contributed by atoms with van der Waals surface area (Å²) in [5.41, 5.74) is 0.466. The second-order valence-corrected chi connectivity index (χ2v) is 7.00. The molecule has 0 saturated heterocycles. The zero-order valence-corrected chi connectivity index (χ0v) is 14.0. The van der Waals surface area contributed by atoms with Crippen molar-refractivity contribution < 1.29 is 9.90 Å². The highest BCUT2D eigenvalue weighted by Crippen LogP contribution is 2.32. The molecule has 0 fully saturated rings. The van der Waals surface area contributed by atoms with E-state index in [9.17, 15) is 9.90 Å². The van der Waals surface area contributed by atoms with Gasteiger partial charge in [-0.25, -0.2) is 0 Å². The molecule has 1 heterocycles. The van der Waals surface area contributed by atoms with E-state index < -0.39 is 5.60 Å². The van der Waals surface area contributed by atoms with Gasteiger partial charge in [0.25, 0.3) is 5.91 Å². The zero-order valence-electron chi connectivity index (χ0n) is 13.2. The van der Waals surface area contributed by atoms with Gasteiger partial charge in [0.05, 0.1) is 6.54 Å². The Labute approximate surface area is 139 Å². The molecule has 1 atom stereocenters. The molecular weight excluding hydrogens is 306 g/mol.